The second kappa shape index (κ2) is 23.4. The molecule has 0 radical (unpaired) electrons. The number of hydrogen-bond donors (Lipinski definition) is 2. The number of aliphatic hydroxyl groups excluding tert-OH is 2. The molecule has 0 saturated heterocycles. The minimum atomic E-state index is -0.126. The molecule has 7 heteroatoms. The molecule has 7 nitrogen and oxygen atoms in total. The summed E-state index contributed by atoms with van der Waals surface area (Å²) in [5.74, 6) is 0. The molecule has 0 saturated carbocycles. The van der Waals surface area contributed by atoms with Crippen LogP contribution < -0.4 is 0 Å². The Labute approximate surface area is 185 Å². The number of ether oxygens (including phenoxy) is 5. The maximum absolute atomic E-state index is 8.80. The molecule has 0 spiro atoms. The van der Waals surface area contributed by atoms with Crippen molar-refractivity contribution in [1.29, 1.82) is 0 Å². The van der Waals surface area contributed by atoms with Crippen molar-refractivity contribution in [2.75, 3.05) is 46.2 Å². The third-order valence-corrected chi connectivity index (χ3v) is 4.16. The van der Waals surface area contributed by atoms with Gasteiger partial charge in [-0.05, 0) is 47.5 Å². The van der Waals surface area contributed by atoms with Gasteiger partial charge >= 0.3 is 0 Å². The molecular formula is C23H50O7. The summed E-state index contributed by atoms with van der Waals surface area (Å²) in [5.41, 5.74) is 0. The SMILES string of the molecule is CCCCOC(C)COC(C)CO.CCCCOC(C)COC(C)COC(C)CO. The summed E-state index contributed by atoms with van der Waals surface area (Å²) in [6.07, 6.45) is 4.56. The monoisotopic (exact) mass is 438 g/mol. The average molecular weight is 439 g/mol. The molecule has 0 heterocycles. The fourth-order valence-corrected chi connectivity index (χ4v) is 2.01. The minimum Gasteiger partial charge on any atom is -0.394 e. The molecular weight excluding hydrogens is 388 g/mol. The first kappa shape index (κ1) is 31.9. The van der Waals surface area contributed by atoms with E-state index < -0.39 is 0 Å². The van der Waals surface area contributed by atoms with E-state index in [2.05, 4.69) is 13.8 Å². The van der Waals surface area contributed by atoms with Crippen molar-refractivity contribution >= 4 is 0 Å². The van der Waals surface area contributed by atoms with Gasteiger partial charge in [0.1, 0.15) is 0 Å². The molecule has 0 rings (SSSR count). The minimum absolute atomic E-state index is 0.0289. The molecule has 184 valence electrons. The number of unbranched alkanes of at least 4 members (excludes halogenated alkanes) is 2. The maximum atomic E-state index is 8.80. The Balaban J connectivity index is 0. The quantitative estimate of drug-likeness (QED) is 0.298. The molecule has 0 aromatic carbocycles. The Kier molecular flexibility index (Phi) is 24.9. The second-order valence-corrected chi connectivity index (χ2v) is 7.87. The van der Waals surface area contributed by atoms with Crippen molar-refractivity contribution in [3.8, 4) is 0 Å². The first-order chi connectivity index (χ1) is 14.3. The smallest absolute Gasteiger partial charge is 0.0781 e. The van der Waals surface area contributed by atoms with E-state index in [-0.39, 0.29) is 43.7 Å². The highest BCUT2D eigenvalue weighted by Gasteiger charge is 2.09. The van der Waals surface area contributed by atoms with Crippen LogP contribution in [0.3, 0.4) is 0 Å². The first-order valence-electron chi connectivity index (χ1n) is 11.6. The Morgan fingerprint density at radius 1 is 0.500 bits per heavy atom. The van der Waals surface area contributed by atoms with Crippen molar-refractivity contribution in [2.24, 2.45) is 0 Å². The Morgan fingerprint density at radius 3 is 1.10 bits per heavy atom. The topological polar surface area (TPSA) is 86.6 Å². The standard InChI is InChI=1S/C13H28O4.C10H22O3/c1-5-6-7-15-12(3)9-17-13(4)10-16-11(2)8-14;1-4-5-6-12-10(3)8-13-9(2)7-11/h11-14H,5-10H2,1-4H3;9-11H,4-8H2,1-3H3. The van der Waals surface area contributed by atoms with Gasteiger partial charge in [-0.1, -0.05) is 26.7 Å². The van der Waals surface area contributed by atoms with Gasteiger partial charge in [-0.15, -0.1) is 0 Å². The van der Waals surface area contributed by atoms with E-state index in [1.807, 2.05) is 34.6 Å². The van der Waals surface area contributed by atoms with Crippen LogP contribution in [0.4, 0.5) is 0 Å². The van der Waals surface area contributed by atoms with E-state index >= 15 is 0 Å². The molecule has 0 amide bonds. The van der Waals surface area contributed by atoms with Crippen LogP contribution in [0.15, 0.2) is 0 Å². The van der Waals surface area contributed by atoms with Crippen LogP contribution >= 0.6 is 0 Å². The van der Waals surface area contributed by atoms with Crippen molar-refractivity contribution in [2.45, 2.75) is 105 Å². The van der Waals surface area contributed by atoms with Crippen LogP contribution in [-0.2, 0) is 23.7 Å². The van der Waals surface area contributed by atoms with Crippen LogP contribution in [0.2, 0.25) is 0 Å². The molecule has 30 heavy (non-hydrogen) atoms. The molecule has 0 bridgehead atoms. The average Bonchev–Trinajstić information content (AvgIpc) is 2.75. The predicted molar refractivity (Wildman–Crippen MR) is 121 cm³/mol. The first-order valence-corrected chi connectivity index (χ1v) is 11.6. The second-order valence-electron chi connectivity index (χ2n) is 7.87. The zero-order chi connectivity index (χ0) is 23.2. The van der Waals surface area contributed by atoms with Gasteiger partial charge in [-0.25, -0.2) is 0 Å². The highest BCUT2D eigenvalue weighted by atomic mass is 16.6. The lowest BCUT2D eigenvalue weighted by molar-refractivity contribution is -0.0745. The summed E-state index contributed by atoms with van der Waals surface area (Å²) in [7, 11) is 0. The summed E-state index contributed by atoms with van der Waals surface area (Å²) < 4.78 is 27.3. The molecule has 0 aromatic heterocycles. The lowest BCUT2D eigenvalue weighted by Gasteiger charge is -2.19. The zero-order valence-corrected chi connectivity index (χ0v) is 20.6. The third kappa shape index (κ3) is 24.0. The fraction of sp³-hybridized carbons (Fsp3) is 1.00. The molecule has 5 unspecified atom stereocenters. The number of aliphatic hydroxyl groups is 2. The van der Waals surface area contributed by atoms with Crippen molar-refractivity contribution < 1.29 is 33.9 Å². The number of hydrogen-bond acceptors (Lipinski definition) is 7. The molecule has 2 N–H and O–H groups in total. The summed E-state index contributed by atoms with van der Waals surface area (Å²) >= 11 is 0. The largest absolute Gasteiger partial charge is 0.394 e. The summed E-state index contributed by atoms with van der Waals surface area (Å²) in [5, 5.41) is 17.5. The van der Waals surface area contributed by atoms with Gasteiger partial charge < -0.3 is 33.9 Å². The maximum Gasteiger partial charge on any atom is 0.0781 e. The molecule has 0 aromatic rings. The van der Waals surface area contributed by atoms with E-state index in [0.717, 1.165) is 38.9 Å². The van der Waals surface area contributed by atoms with Crippen LogP contribution in [-0.4, -0.2) is 87.0 Å². The summed E-state index contributed by atoms with van der Waals surface area (Å²) in [6, 6.07) is 0. The fourth-order valence-electron chi connectivity index (χ4n) is 2.01. The summed E-state index contributed by atoms with van der Waals surface area (Å²) in [6.45, 7) is 17.3. The van der Waals surface area contributed by atoms with E-state index in [9.17, 15) is 0 Å². The van der Waals surface area contributed by atoms with E-state index in [0.29, 0.717) is 19.8 Å². The van der Waals surface area contributed by atoms with Crippen LogP contribution in [0.5, 0.6) is 0 Å². The Hall–Kier alpha value is -0.280. The van der Waals surface area contributed by atoms with Crippen molar-refractivity contribution in [3.05, 3.63) is 0 Å². The van der Waals surface area contributed by atoms with Gasteiger partial charge in [0.25, 0.3) is 0 Å². The van der Waals surface area contributed by atoms with E-state index in [1.54, 1.807) is 0 Å². The third-order valence-electron chi connectivity index (χ3n) is 4.16. The van der Waals surface area contributed by atoms with Gasteiger partial charge in [0, 0.05) is 13.2 Å². The molecule has 5 atom stereocenters. The van der Waals surface area contributed by atoms with Crippen LogP contribution in [0.25, 0.3) is 0 Å². The zero-order valence-electron chi connectivity index (χ0n) is 20.6. The lowest BCUT2D eigenvalue weighted by atomic mass is 10.3. The summed E-state index contributed by atoms with van der Waals surface area (Å²) in [4.78, 5) is 0. The Morgan fingerprint density at radius 2 is 0.800 bits per heavy atom. The van der Waals surface area contributed by atoms with Crippen LogP contribution in [0.1, 0.15) is 74.1 Å². The molecule has 0 aliphatic heterocycles. The van der Waals surface area contributed by atoms with Gasteiger partial charge in [0.15, 0.2) is 0 Å². The molecule has 0 fully saturated rings. The van der Waals surface area contributed by atoms with Gasteiger partial charge in [0.2, 0.25) is 0 Å². The van der Waals surface area contributed by atoms with E-state index in [4.69, 9.17) is 33.9 Å². The predicted octanol–water partition coefficient (Wildman–Crippen LogP) is 3.58. The van der Waals surface area contributed by atoms with E-state index in [1.165, 1.54) is 0 Å². The number of rotatable bonds is 19. The highest BCUT2D eigenvalue weighted by Crippen LogP contribution is 2.01. The van der Waals surface area contributed by atoms with Gasteiger partial charge in [-0.2, -0.15) is 0 Å². The highest BCUT2D eigenvalue weighted by molar-refractivity contribution is 4.55. The lowest BCUT2D eigenvalue weighted by Crippen LogP contribution is -2.26. The van der Waals surface area contributed by atoms with Gasteiger partial charge in [-0.3, -0.25) is 0 Å². The van der Waals surface area contributed by atoms with Gasteiger partial charge in [0.05, 0.1) is 63.6 Å². The van der Waals surface area contributed by atoms with Crippen molar-refractivity contribution in [1.82, 2.24) is 0 Å². The normalized spacial score (nSPS) is 16.3. The molecule has 0 aliphatic rings. The van der Waals surface area contributed by atoms with Crippen molar-refractivity contribution in [3.63, 3.8) is 0 Å². The van der Waals surface area contributed by atoms with Crippen LogP contribution in [0, 0.1) is 0 Å². The Bertz CT molecular complexity index is 331. The molecule has 0 aliphatic carbocycles.